The third-order valence-electron chi connectivity index (χ3n) is 7.19. The zero-order valence-electron chi connectivity index (χ0n) is 15.4. The van der Waals surface area contributed by atoms with Crippen molar-refractivity contribution in [1.29, 1.82) is 0 Å². The van der Waals surface area contributed by atoms with Crippen LogP contribution in [0.3, 0.4) is 0 Å². The van der Waals surface area contributed by atoms with Crippen LogP contribution in [-0.2, 0) is 14.3 Å². The zero-order chi connectivity index (χ0) is 19.0. The minimum Gasteiger partial charge on any atom is -0.507 e. The lowest BCUT2D eigenvalue weighted by Gasteiger charge is -2.62. The van der Waals surface area contributed by atoms with Crippen LogP contribution in [0.5, 0.6) is 0 Å². The number of rotatable bonds is 1. The number of hydrogen-bond donors (Lipinski definition) is 3. The molecule has 1 saturated carbocycles. The molecule has 0 aromatic carbocycles. The van der Waals surface area contributed by atoms with Gasteiger partial charge in [0.1, 0.15) is 5.76 Å². The number of Topliss-reactive ketones (excluding diaryl/α,β-unsaturated/α-hetero) is 2. The van der Waals surface area contributed by atoms with E-state index in [-0.39, 0.29) is 40.9 Å². The first-order chi connectivity index (χ1) is 12.1. The first-order valence-electron chi connectivity index (χ1n) is 9.40. The second-order valence-electron chi connectivity index (χ2n) is 8.85. The van der Waals surface area contributed by atoms with E-state index in [4.69, 9.17) is 4.74 Å². The Labute approximate surface area is 152 Å². The van der Waals surface area contributed by atoms with Crippen LogP contribution >= 0.6 is 0 Å². The fraction of sp³-hybridized carbons (Fsp3) is 0.700. The van der Waals surface area contributed by atoms with Crippen molar-refractivity contribution in [3.63, 3.8) is 0 Å². The van der Waals surface area contributed by atoms with E-state index in [1.807, 2.05) is 6.92 Å². The van der Waals surface area contributed by atoms with Gasteiger partial charge in [-0.2, -0.15) is 0 Å². The minimum absolute atomic E-state index is 0.0815. The molecule has 4 rings (SSSR count). The van der Waals surface area contributed by atoms with Crippen LogP contribution < -0.4 is 0 Å². The quantitative estimate of drug-likeness (QED) is 0.485. The summed E-state index contributed by atoms with van der Waals surface area (Å²) in [6, 6.07) is 0. The molecule has 0 aromatic heterocycles. The molecule has 5 atom stereocenters. The van der Waals surface area contributed by atoms with Gasteiger partial charge in [0, 0.05) is 27.5 Å². The molecule has 6 nitrogen and oxygen atoms in total. The molecule has 26 heavy (non-hydrogen) atoms. The van der Waals surface area contributed by atoms with E-state index >= 15 is 0 Å². The molecule has 4 aliphatic rings. The van der Waals surface area contributed by atoms with E-state index in [0.717, 1.165) is 12.8 Å². The molecule has 0 aromatic rings. The molecule has 142 valence electrons. The summed E-state index contributed by atoms with van der Waals surface area (Å²) in [5, 5.41) is 32.1. The fourth-order valence-corrected chi connectivity index (χ4v) is 5.94. The highest BCUT2D eigenvalue weighted by Crippen LogP contribution is 2.64. The maximum atomic E-state index is 13.1. The van der Waals surface area contributed by atoms with Gasteiger partial charge in [-0.05, 0) is 31.1 Å². The predicted octanol–water partition coefficient (Wildman–Crippen LogP) is 1.81. The van der Waals surface area contributed by atoms with Gasteiger partial charge in [0.25, 0.3) is 0 Å². The molecular weight excluding hydrogens is 336 g/mol. The van der Waals surface area contributed by atoms with Crippen LogP contribution in [0, 0.1) is 22.7 Å². The van der Waals surface area contributed by atoms with Gasteiger partial charge in [-0.1, -0.05) is 27.2 Å². The SMILES string of the molecule is CC(C)C1=C(O)C2=C(C(=O)C1=O)[C@@]13CCC[C@@](C)([C@@H]1C[C@H]2O)[C@@H](O)OC3. The summed E-state index contributed by atoms with van der Waals surface area (Å²) in [5.74, 6) is -2.04. The summed E-state index contributed by atoms with van der Waals surface area (Å²) in [6.07, 6.45) is 0.527. The highest BCUT2D eigenvalue weighted by Gasteiger charge is 2.65. The van der Waals surface area contributed by atoms with Crippen LogP contribution in [0.1, 0.15) is 46.5 Å². The first kappa shape index (κ1) is 17.9. The maximum absolute atomic E-state index is 13.1. The molecule has 0 amide bonds. The number of allylic oxidation sites excluding steroid dienone is 1. The van der Waals surface area contributed by atoms with Crippen molar-refractivity contribution in [3.05, 3.63) is 22.5 Å². The van der Waals surface area contributed by atoms with Crippen molar-refractivity contribution in [3.8, 4) is 0 Å². The number of ether oxygens (including phenoxy) is 1. The van der Waals surface area contributed by atoms with Crippen molar-refractivity contribution < 1.29 is 29.6 Å². The Morgan fingerprint density at radius 1 is 1.15 bits per heavy atom. The van der Waals surface area contributed by atoms with Gasteiger partial charge in [-0.15, -0.1) is 0 Å². The Bertz CT molecular complexity index is 762. The standard InChI is InChI=1S/C20H26O6/c1-9(2)12-15(22)13-10(21)7-11-19(3)5-4-6-20(11,8-26-18(19)25)14(13)17(24)16(12)23/h9-11,18,21-22,25H,4-8H2,1-3H3/t10-,11+,18+,19+,20-/m1/s1. The smallest absolute Gasteiger partial charge is 0.233 e. The molecule has 3 N–H and O–H groups in total. The van der Waals surface area contributed by atoms with Crippen LogP contribution in [-0.4, -0.2) is 45.9 Å². The number of aliphatic hydroxyl groups is 3. The number of aliphatic hydroxyl groups excluding tert-OH is 3. The van der Waals surface area contributed by atoms with Gasteiger partial charge in [0.05, 0.1) is 12.7 Å². The van der Waals surface area contributed by atoms with Crippen molar-refractivity contribution in [2.45, 2.75) is 58.8 Å². The number of carbonyl (C=O) groups excluding carboxylic acids is 2. The van der Waals surface area contributed by atoms with Crippen molar-refractivity contribution in [2.75, 3.05) is 6.61 Å². The van der Waals surface area contributed by atoms with Crippen molar-refractivity contribution in [1.82, 2.24) is 0 Å². The molecule has 2 fully saturated rings. The van der Waals surface area contributed by atoms with Gasteiger partial charge < -0.3 is 20.1 Å². The summed E-state index contributed by atoms with van der Waals surface area (Å²) in [4.78, 5) is 25.9. The number of ketones is 2. The summed E-state index contributed by atoms with van der Waals surface area (Å²) < 4.78 is 5.66. The molecule has 1 saturated heterocycles. The van der Waals surface area contributed by atoms with Crippen LogP contribution in [0.4, 0.5) is 0 Å². The van der Waals surface area contributed by atoms with E-state index in [2.05, 4.69) is 0 Å². The molecule has 0 radical (unpaired) electrons. The summed E-state index contributed by atoms with van der Waals surface area (Å²) in [7, 11) is 0. The highest BCUT2D eigenvalue weighted by molar-refractivity contribution is 6.50. The molecule has 0 unspecified atom stereocenters. The van der Waals surface area contributed by atoms with Gasteiger partial charge in [-0.25, -0.2) is 0 Å². The van der Waals surface area contributed by atoms with E-state index in [1.54, 1.807) is 13.8 Å². The number of carbonyl (C=O) groups is 2. The largest absolute Gasteiger partial charge is 0.507 e. The molecule has 2 bridgehead atoms. The Morgan fingerprint density at radius 2 is 1.85 bits per heavy atom. The predicted molar refractivity (Wildman–Crippen MR) is 92.0 cm³/mol. The molecule has 1 aliphatic heterocycles. The van der Waals surface area contributed by atoms with E-state index in [0.29, 0.717) is 12.8 Å². The molecule has 3 aliphatic carbocycles. The van der Waals surface area contributed by atoms with Gasteiger partial charge in [0.15, 0.2) is 6.29 Å². The van der Waals surface area contributed by atoms with Gasteiger partial charge in [0.2, 0.25) is 11.6 Å². The fourth-order valence-electron chi connectivity index (χ4n) is 5.94. The molecule has 6 heteroatoms. The Balaban J connectivity index is 1.98. The topological polar surface area (TPSA) is 104 Å². The van der Waals surface area contributed by atoms with Crippen LogP contribution in [0.2, 0.25) is 0 Å². The molecule has 1 heterocycles. The maximum Gasteiger partial charge on any atom is 0.233 e. The summed E-state index contributed by atoms with van der Waals surface area (Å²) in [6.45, 7) is 5.55. The normalized spacial score (nSPS) is 42.9. The Kier molecular flexibility index (Phi) is 3.79. The first-order valence-corrected chi connectivity index (χ1v) is 9.40. The monoisotopic (exact) mass is 362 g/mol. The third-order valence-corrected chi connectivity index (χ3v) is 7.19. The van der Waals surface area contributed by atoms with E-state index in [9.17, 15) is 24.9 Å². The Morgan fingerprint density at radius 3 is 2.50 bits per heavy atom. The van der Waals surface area contributed by atoms with Crippen LogP contribution in [0.25, 0.3) is 0 Å². The second kappa shape index (κ2) is 5.50. The molecule has 0 spiro atoms. The van der Waals surface area contributed by atoms with Crippen molar-refractivity contribution in [2.24, 2.45) is 22.7 Å². The number of hydrogen-bond acceptors (Lipinski definition) is 6. The lowest BCUT2D eigenvalue weighted by atomic mass is 9.46. The van der Waals surface area contributed by atoms with Crippen LogP contribution in [0.15, 0.2) is 22.5 Å². The second-order valence-corrected chi connectivity index (χ2v) is 8.85. The summed E-state index contributed by atoms with van der Waals surface area (Å²) in [5.41, 5.74) is -0.802. The highest BCUT2D eigenvalue weighted by atomic mass is 16.6. The van der Waals surface area contributed by atoms with Gasteiger partial charge >= 0.3 is 0 Å². The van der Waals surface area contributed by atoms with Crippen molar-refractivity contribution >= 4 is 11.6 Å². The van der Waals surface area contributed by atoms with E-state index < -0.39 is 34.8 Å². The minimum atomic E-state index is -1.03. The average molecular weight is 362 g/mol. The zero-order valence-corrected chi connectivity index (χ0v) is 15.4. The molecular formula is C20H26O6. The lowest BCUT2D eigenvalue weighted by molar-refractivity contribution is -0.280. The van der Waals surface area contributed by atoms with E-state index in [1.165, 1.54) is 0 Å². The van der Waals surface area contributed by atoms with Gasteiger partial charge in [-0.3, -0.25) is 9.59 Å². The third kappa shape index (κ3) is 1.98. The Hall–Kier alpha value is -1.50. The lowest BCUT2D eigenvalue weighted by Crippen LogP contribution is -2.63. The summed E-state index contributed by atoms with van der Waals surface area (Å²) >= 11 is 0. The average Bonchev–Trinajstić information content (AvgIpc) is 2.56.